The molecule has 0 aliphatic carbocycles. The summed E-state index contributed by atoms with van der Waals surface area (Å²) in [6, 6.07) is 10.9. The minimum absolute atomic E-state index is 0. The largest absolute Gasteiger partial charge is 0.147 e. The van der Waals surface area contributed by atoms with Gasteiger partial charge in [0.25, 0.3) is 0 Å². The smallest absolute Gasteiger partial charge is 0.147 e. The maximum absolute atomic E-state index is 2.28. The molecule has 0 nitrogen and oxygen atoms in total. The molecule has 2 heteroatoms. The topological polar surface area (TPSA) is 0 Å². The second-order valence-electron chi connectivity index (χ2n) is 2.24. The maximum atomic E-state index is 2.28. The fourth-order valence-electron chi connectivity index (χ4n) is 0.933. The van der Waals surface area contributed by atoms with E-state index >= 15 is 0 Å². The Morgan fingerprint density at radius 1 is 1.20 bits per heavy atom. The molecule has 0 saturated heterocycles. The molecule has 52 valence electrons. The van der Waals surface area contributed by atoms with Crippen molar-refractivity contribution in [3.05, 3.63) is 30.3 Å². The standard InChI is InChI=1S/C6H5.C2H5.ClH.Zn/c1-2-4-6-5-3-1;1-2;;/h1-5H;1H2,2H3;1H;. The fourth-order valence-corrected chi connectivity index (χ4v) is 3.42. The van der Waals surface area contributed by atoms with Crippen LogP contribution in [-0.2, 0) is 17.1 Å². The van der Waals surface area contributed by atoms with E-state index in [0.29, 0.717) is 0 Å². The second kappa shape index (κ2) is 5.88. The van der Waals surface area contributed by atoms with Crippen molar-refractivity contribution in [2.24, 2.45) is 0 Å². The summed E-state index contributed by atoms with van der Waals surface area (Å²) in [5.74, 6) is 0. The predicted octanol–water partition coefficient (Wildman–Crippen LogP) is 2.25. The molecule has 1 aromatic carbocycles. The van der Waals surface area contributed by atoms with Gasteiger partial charge in [-0.15, -0.1) is 12.4 Å². The van der Waals surface area contributed by atoms with Crippen LogP contribution in [-0.4, -0.2) is 0 Å². The molecular formula is C8H11ClZn. The van der Waals surface area contributed by atoms with Crippen LogP contribution < -0.4 is 4.16 Å². The van der Waals surface area contributed by atoms with Gasteiger partial charge in [0.1, 0.15) is 0 Å². The van der Waals surface area contributed by atoms with Gasteiger partial charge in [-0.05, 0) is 0 Å². The number of halogens is 1. The number of benzene rings is 1. The first-order chi connectivity index (χ1) is 4.43. The first kappa shape index (κ1) is 10.1. The van der Waals surface area contributed by atoms with Gasteiger partial charge in [-0.1, -0.05) is 0 Å². The summed E-state index contributed by atoms with van der Waals surface area (Å²) in [6.07, 6.45) is 0. The molecule has 0 unspecified atom stereocenters. The first-order valence-corrected chi connectivity index (χ1v) is 7.05. The van der Waals surface area contributed by atoms with E-state index in [-0.39, 0.29) is 29.5 Å². The second-order valence-corrected chi connectivity index (χ2v) is 7.10. The Morgan fingerprint density at radius 2 is 1.80 bits per heavy atom. The summed E-state index contributed by atoms with van der Waals surface area (Å²) in [7, 11) is 0. The van der Waals surface area contributed by atoms with E-state index in [2.05, 4.69) is 37.3 Å². The van der Waals surface area contributed by atoms with Gasteiger partial charge in [0.15, 0.2) is 0 Å². The third kappa shape index (κ3) is 3.34. The first-order valence-electron chi connectivity index (χ1n) is 3.47. The molecule has 1 rings (SSSR count). The summed E-state index contributed by atoms with van der Waals surface area (Å²) in [5, 5.41) is 1.43. The zero-order valence-corrected chi connectivity index (χ0v) is 9.99. The van der Waals surface area contributed by atoms with Gasteiger partial charge in [0.2, 0.25) is 0 Å². The van der Waals surface area contributed by atoms with Gasteiger partial charge >= 0.3 is 63.6 Å². The van der Waals surface area contributed by atoms with Crippen LogP contribution >= 0.6 is 12.4 Å². The Morgan fingerprint density at radius 3 is 2.30 bits per heavy atom. The van der Waals surface area contributed by atoms with Crippen molar-refractivity contribution in [2.45, 2.75) is 11.9 Å². The Labute approximate surface area is 76.0 Å². The van der Waals surface area contributed by atoms with E-state index in [0.717, 1.165) is 0 Å². The molecule has 0 heterocycles. The Kier molecular flexibility index (Phi) is 5.96. The molecular weight excluding hydrogens is 197 g/mol. The average Bonchev–Trinajstić information content (AvgIpc) is 1.91. The molecule has 0 spiro atoms. The predicted molar refractivity (Wildman–Crippen MR) is 43.8 cm³/mol. The summed E-state index contributed by atoms with van der Waals surface area (Å²) in [4.78, 5) is 0. The van der Waals surface area contributed by atoms with Gasteiger partial charge in [-0.2, -0.15) is 0 Å². The number of hydrogen-bond acceptors (Lipinski definition) is 0. The molecule has 0 atom stereocenters. The summed E-state index contributed by atoms with van der Waals surface area (Å²) < 4.78 is 1.63. The van der Waals surface area contributed by atoms with Gasteiger partial charge in [-0.25, -0.2) is 0 Å². The van der Waals surface area contributed by atoms with Crippen LogP contribution in [0.4, 0.5) is 0 Å². The molecule has 1 aromatic rings. The van der Waals surface area contributed by atoms with Crippen LogP contribution in [0.25, 0.3) is 0 Å². The van der Waals surface area contributed by atoms with Crippen molar-refractivity contribution in [2.75, 3.05) is 0 Å². The molecule has 0 saturated carbocycles. The molecule has 0 fully saturated rings. The van der Waals surface area contributed by atoms with Crippen molar-refractivity contribution < 1.29 is 17.1 Å². The van der Waals surface area contributed by atoms with Crippen molar-refractivity contribution in [1.29, 1.82) is 0 Å². The zero-order valence-electron chi connectivity index (χ0n) is 6.21. The Balaban J connectivity index is 0.000000810. The van der Waals surface area contributed by atoms with Crippen LogP contribution in [0.3, 0.4) is 0 Å². The normalized spacial score (nSPS) is 7.70. The molecule has 0 amide bonds. The Bertz CT molecular complexity index is 162. The monoisotopic (exact) mass is 206 g/mol. The van der Waals surface area contributed by atoms with Gasteiger partial charge in [-0.3, -0.25) is 0 Å². The van der Waals surface area contributed by atoms with Crippen LogP contribution in [0.15, 0.2) is 30.3 Å². The summed E-state index contributed by atoms with van der Waals surface area (Å²) in [6.45, 7) is 2.28. The SMILES string of the molecule is C[CH2][Zn][c]1ccccc1.Cl. The number of hydrogen-bond donors (Lipinski definition) is 0. The summed E-state index contributed by atoms with van der Waals surface area (Å²) >= 11 is -0.290. The van der Waals surface area contributed by atoms with Crippen LogP contribution in [0.1, 0.15) is 6.92 Å². The van der Waals surface area contributed by atoms with E-state index in [1.54, 1.807) is 4.16 Å². The molecule has 0 radical (unpaired) electrons. The molecule has 0 bridgehead atoms. The van der Waals surface area contributed by atoms with Crippen molar-refractivity contribution in [3.63, 3.8) is 0 Å². The molecule has 0 aliphatic rings. The van der Waals surface area contributed by atoms with E-state index in [9.17, 15) is 0 Å². The molecule has 0 aliphatic heterocycles. The number of rotatable bonds is 2. The van der Waals surface area contributed by atoms with Crippen molar-refractivity contribution in [3.8, 4) is 0 Å². The Hall–Kier alpha value is 0.133. The van der Waals surface area contributed by atoms with E-state index in [1.807, 2.05) is 0 Å². The van der Waals surface area contributed by atoms with E-state index < -0.39 is 0 Å². The maximum Gasteiger partial charge on any atom is -0.147 e. The molecule has 0 aromatic heterocycles. The van der Waals surface area contributed by atoms with Crippen LogP contribution in [0.5, 0.6) is 0 Å². The zero-order chi connectivity index (χ0) is 6.53. The van der Waals surface area contributed by atoms with Crippen LogP contribution in [0.2, 0.25) is 5.02 Å². The van der Waals surface area contributed by atoms with Gasteiger partial charge < -0.3 is 0 Å². The minimum Gasteiger partial charge on any atom is -0.147 e. The molecule has 0 N–H and O–H groups in total. The summed E-state index contributed by atoms with van der Waals surface area (Å²) in [5.41, 5.74) is 0. The van der Waals surface area contributed by atoms with Crippen molar-refractivity contribution in [1.82, 2.24) is 0 Å². The molecule has 10 heavy (non-hydrogen) atoms. The van der Waals surface area contributed by atoms with Gasteiger partial charge in [0, 0.05) is 0 Å². The van der Waals surface area contributed by atoms with E-state index in [4.69, 9.17) is 0 Å². The van der Waals surface area contributed by atoms with Crippen molar-refractivity contribution >= 4 is 16.6 Å². The third-order valence-corrected chi connectivity index (χ3v) is 4.63. The third-order valence-electron chi connectivity index (χ3n) is 1.38. The minimum atomic E-state index is -0.290. The van der Waals surface area contributed by atoms with Crippen LogP contribution in [0, 0.1) is 0 Å². The average molecular weight is 208 g/mol. The van der Waals surface area contributed by atoms with Gasteiger partial charge in [0.05, 0.1) is 0 Å². The fraction of sp³-hybridized carbons (Fsp3) is 0.250. The quantitative estimate of drug-likeness (QED) is 0.654. The van der Waals surface area contributed by atoms with E-state index in [1.165, 1.54) is 5.02 Å².